The van der Waals surface area contributed by atoms with E-state index in [1.807, 2.05) is 43.3 Å². The van der Waals surface area contributed by atoms with Gasteiger partial charge in [0.25, 0.3) is 5.91 Å². The topological polar surface area (TPSA) is 45.9 Å². The zero-order valence-electron chi connectivity index (χ0n) is 13.8. The van der Waals surface area contributed by atoms with Crippen molar-refractivity contribution in [1.29, 1.82) is 0 Å². The summed E-state index contributed by atoms with van der Waals surface area (Å²) in [4.78, 5) is 17.0. The molecule has 0 radical (unpaired) electrons. The molecule has 5 nitrogen and oxygen atoms in total. The van der Waals surface area contributed by atoms with E-state index in [9.17, 15) is 4.79 Å². The van der Waals surface area contributed by atoms with Crippen LogP contribution in [-0.4, -0.2) is 62.1 Å². The monoisotopic (exact) mass is 316 g/mol. The van der Waals surface area contributed by atoms with Crippen molar-refractivity contribution in [3.8, 4) is 0 Å². The molecule has 0 aliphatic carbocycles. The zero-order valence-corrected chi connectivity index (χ0v) is 13.8. The first-order chi connectivity index (χ1) is 11.1. The van der Waals surface area contributed by atoms with Gasteiger partial charge in [0, 0.05) is 31.6 Å². The number of hydrogen-bond acceptors (Lipinski definition) is 4. The number of carbonyl (C=O) groups is 1. The molecule has 0 saturated carbocycles. The molecule has 2 heterocycles. The van der Waals surface area contributed by atoms with Crippen LogP contribution >= 0.6 is 0 Å². The molecule has 0 bridgehead atoms. The number of para-hydroxylation sites is 1. The fourth-order valence-corrected chi connectivity index (χ4v) is 2.94. The highest BCUT2D eigenvalue weighted by Crippen LogP contribution is 2.23. The number of amides is 1. The number of benzene rings is 1. The minimum Gasteiger partial charge on any atom is -0.463 e. The van der Waals surface area contributed by atoms with Crippen LogP contribution in [0.2, 0.25) is 0 Å². The van der Waals surface area contributed by atoms with Gasteiger partial charge in [0.1, 0.15) is 11.8 Å². The van der Waals surface area contributed by atoms with Gasteiger partial charge in [-0.25, -0.2) is 0 Å². The molecule has 1 aliphatic rings. The number of furan rings is 1. The van der Waals surface area contributed by atoms with E-state index in [1.54, 1.807) is 6.26 Å². The van der Waals surface area contributed by atoms with Gasteiger partial charge < -0.3 is 19.0 Å². The molecule has 1 aliphatic heterocycles. The Hall–Kier alpha value is -1.85. The second-order valence-corrected chi connectivity index (χ2v) is 6.34. The normalized spacial score (nSPS) is 18.0. The molecule has 1 aromatic carbocycles. The summed E-state index contributed by atoms with van der Waals surface area (Å²) >= 11 is 0. The van der Waals surface area contributed by atoms with E-state index in [4.69, 9.17) is 9.15 Å². The summed E-state index contributed by atoms with van der Waals surface area (Å²) in [6.07, 6.45) is 3.83. The van der Waals surface area contributed by atoms with Crippen molar-refractivity contribution < 1.29 is 13.9 Å². The molecule has 1 saturated heterocycles. The van der Waals surface area contributed by atoms with Crippen LogP contribution in [-0.2, 0) is 4.74 Å². The van der Waals surface area contributed by atoms with Gasteiger partial charge in [0.05, 0.1) is 11.7 Å². The summed E-state index contributed by atoms with van der Waals surface area (Å²) in [6, 6.07) is 7.66. The van der Waals surface area contributed by atoms with Crippen molar-refractivity contribution in [2.45, 2.75) is 18.9 Å². The van der Waals surface area contributed by atoms with E-state index in [0.717, 1.165) is 37.0 Å². The minimum atomic E-state index is 0.0206. The number of rotatable bonds is 6. The largest absolute Gasteiger partial charge is 0.463 e. The lowest BCUT2D eigenvalue weighted by atomic mass is 10.1. The van der Waals surface area contributed by atoms with Crippen LogP contribution in [0.15, 0.2) is 34.9 Å². The summed E-state index contributed by atoms with van der Waals surface area (Å²) < 4.78 is 11.2. The van der Waals surface area contributed by atoms with Crippen molar-refractivity contribution in [1.82, 2.24) is 9.80 Å². The Morgan fingerprint density at radius 1 is 1.26 bits per heavy atom. The molecule has 1 unspecified atom stereocenters. The Morgan fingerprint density at radius 3 is 2.83 bits per heavy atom. The van der Waals surface area contributed by atoms with Gasteiger partial charge in [-0.2, -0.15) is 0 Å². The molecule has 0 spiro atoms. The summed E-state index contributed by atoms with van der Waals surface area (Å²) in [5.41, 5.74) is 1.39. The van der Waals surface area contributed by atoms with E-state index in [1.165, 1.54) is 0 Å². The smallest absolute Gasteiger partial charge is 0.257 e. The second-order valence-electron chi connectivity index (χ2n) is 6.34. The summed E-state index contributed by atoms with van der Waals surface area (Å²) in [5.74, 6) is 0.0206. The molecular weight excluding hydrogens is 292 g/mol. The van der Waals surface area contributed by atoms with E-state index in [2.05, 4.69) is 4.90 Å². The third-order valence-corrected chi connectivity index (χ3v) is 4.26. The summed E-state index contributed by atoms with van der Waals surface area (Å²) in [5, 5.41) is 0.875. The highest BCUT2D eigenvalue weighted by atomic mass is 16.5. The zero-order chi connectivity index (χ0) is 16.2. The Labute approximate surface area is 136 Å². The Kier molecular flexibility index (Phi) is 4.98. The van der Waals surface area contributed by atoms with Crippen LogP contribution in [0.1, 0.15) is 23.2 Å². The Balaban J connectivity index is 1.80. The molecule has 1 aromatic heterocycles. The van der Waals surface area contributed by atoms with Gasteiger partial charge in [0.15, 0.2) is 0 Å². The average molecular weight is 316 g/mol. The van der Waals surface area contributed by atoms with Crippen LogP contribution in [0.25, 0.3) is 11.0 Å². The highest BCUT2D eigenvalue weighted by molar-refractivity contribution is 6.05. The molecule has 2 aromatic rings. The predicted octanol–water partition coefficient (Wildman–Crippen LogP) is 2.62. The summed E-state index contributed by atoms with van der Waals surface area (Å²) in [7, 11) is 4.03. The molecular formula is C18H24N2O3. The number of ether oxygens (including phenoxy) is 1. The van der Waals surface area contributed by atoms with E-state index >= 15 is 0 Å². The van der Waals surface area contributed by atoms with Crippen LogP contribution in [0.4, 0.5) is 0 Å². The van der Waals surface area contributed by atoms with Crippen LogP contribution < -0.4 is 0 Å². The Bertz CT molecular complexity index is 659. The van der Waals surface area contributed by atoms with Gasteiger partial charge in [-0.3, -0.25) is 4.79 Å². The van der Waals surface area contributed by atoms with Crippen LogP contribution in [0.3, 0.4) is 0 Å². The molecule has 23 heavy (non-hydrogen) atoms. The minimum absolute atomic E-state index is 0.0206. The maximum Gasteiger partial charge on any atom is 0.257 e. The predicted molar refractivity (Wildman–Crippen MR) is 89.6 cm³/mol. The highest BCUT2D eigenvalue weighted by Gasteiger charge is 2.25. The van der Waals surface area contributed by atoms with Gasteiger partial charge in [-0.05, 0) is 33.0 Å². The van der Waals surface area contributed by atoms with Crippen molar-refractivity contribution in [2.75, 3.05) is 40.3 Å². The van der Waals surface area contributed by atoms with Crippen molar-refractivity contribution in [2.24, 2.45) is 0 Å². The van der Waals surface area contributed by atoms with Crippen LogP contribution in [0, 0.1) is 0 Å². The third-order valence-electron chi connectivity index (χ3n) is 4.26. The van der Waals surface area contributed by atoms with Crippen molar-refractivity contribution in [3.63, 3.8) is 0 Å². The first-order valence-corrected chi connectivity index (χ1v) is 8.17. The maximum atomic E-state index is 13.0. The van der Waals surface area contributed by atoms with Crippen LogP contribution in [0.5, 0.6) is 0 Å². The number of nitrogens with zero attached hydrogens (tertiary/aromatic N) is 2. The van der Waals surface area contributed by atoms with Gasteiger partial charge in [-0.15, -0.1) is 0 Å². The number of fused-ring (bicyclic) bond motifs is 1. The molecule has 124 valence electrons. The summed E-state index contributed by atoms with van der Waals surface area (Å²) in [6.45, 7) is 2.96. The first-order valence-electron chi connectivity index (χ1n) is 8.17. The fraction of sp³-hybridized carbons (Fsp3) is 0.500. The average Bonchev–Trinajstić information content (AvgIpc) is 3.20. The standard InChI is InChI=1S/C18H24N2O3/c1-19(2)9-10-20(12-14-6-5-11-22-14)18(21)16-13-23-17-8-4-3-7-15(16)17/h3-4,7-8,13-14H,5-6,9-12H2,1-2H3. The van der Waals surface area contributed by atoms with Gasteiger partial charge in [0.2, 0.25) is 0 Å². The molecule has 1 atom stereocenters. The van der Waals surface area contributed by atoms with Crippen molar-refractivity contribution in [3.05, 3.63) is 36.1 Å². The SMILES string of the molecule is CN(C)CCN(CC1CCCO1)C(=O)c1coc2ccccc12. The van der Waals surface area contributed by atoms with E-state index in [-0.39, 0.29) is 12.0 Å². The van der Waals surface area contributed by atoms with Gasteiger partial charge >= 0.3 is 0 Å². The molecule has 5 heteroatoms. The molecule has 1 amide bonds. The van der Waals surface area contributed by atoms with Crippen molar-refractivity contribution >= 4 is 16.9 Å². The Morgan fingerprint density at radius 2 is 2.09 bits per heavy atom. The lowest BCUT2D eigenvalue weighted by Gasteiger charge is -2.26. The number of hydrogen-bond donors (Lipinski definition) is 0. The number of likely N-dealkylation sites (N-methyl/N-ethyl adjacent to an activating group) is 1. The van der Waals surface area contributed by atoms with E-state index < -0.39 is 0 Å². The maximum absolute atomic E-state index is 13.0. The lowest BCUT2D eigenvalue weighted by molar-refractivity contribution is 0.0513. The molecule has 0 N–H and O–H groups in total. The van der Waals surface area contributed by atoms with Gasteiger partial charge in [-0.1, -0.05) is 18.2 Å². The first kappa shape index (κ1) is 16.0. The number of carbonyl (C=O) groups excluding carboxylic acids is 1. The quantitative estimate of drug-likeness (QED) is 0.822. The van der Waals surface area contributed by atoms with E-state index in [0.29, 0.717) is 18.7 Å². The third kappa shape index (κ3) is 3.74. The molecule has 1 fully saturated rings. The second kappa shape index (κ2) is 7.15. The lowest BCUT2D eigenvalue weighted by Crippen LogP contribution is -2.41. The fourth-order valence-electron chi connectivity index (χ4n) is 2.94. The molecule has 3 rings (SSSR count).